The number of benzene rings is 1. The maximum atomic E-state index is 13.1. The second-order valence-corrected chi connectivity index (χ2v) is 9.65. The Morgan fingerprint density at radius 1 is 1.24 bits per heavy atom. The first kappa shape index (κ1) is 21.7. The number of hydrogen-bond donors (Lipinski definition) is 4. The Labute approximate surface area is 195 Å². The van der Waals surface area contributed by atoms with Crippen molar-refractivity contribution in [3.63, 3.8) is 0 Å². The molecular weight excluding hydrogens is 440 g/mol. The van der Waals surface area contributed by atoms with Crippen LogP contribution in [0.15, 0.2) is 24.3 Å². The molecule has 3 aromatic rings. The van der Waals surface area contributed by atoms with Gasteiger partial charge in [0.25, 0.3) is 11.8 Å². The lowest BCUT2D eigenvalue weighted by atomic mass is 10.1. The number of anilines is 1. The van der Waals surface area contributed by atoms with Crippen LogP contribution in [0.5, 0.6) is 5.75 Å². The van der Waals surface area contributed by atoms with Gasteiger partial charge in [0.2, 0.25) is 0 Å². The lowest BCUT2D eigenvalue weighted by Crippen LogP contribution is -2.32. The van der Waals surface area contributed by atoms with Crippen LogP contribution >= 0.6 is 11.3 Å². The molecule has 8 nitrogen and oxygen atoms in total. The van der Waals surface area contributed by atoms with Crippen LogP contribution < -0.4 is 10.6 Å². The molecule has 33 heavy (non-hydrogen) atoms. The molecule has 1 aliphatic carbocycles. The van der Waals surface area contributed by atoms with E-state index in [9.17, 15) is 14.7 Å². The quantitative estimate of drug-likeness (QED) is 0.441. The van der Waals surface area contributed by atoms with Crippen molar-refractivity contribution in [3.05, 3.63) is 51.5 Å². The van der Waals surface area contributed by atoms with E-state index in [1.54, 1.807) is 18.2 Å². The molecule has 0 radical (unpaired) electrons. The summed E-state index contributed by atoms with van der Waals surface area (Å²) >= 11 is 1.47. The second-order valence-electron chi connectivity index (χ2n) is 8.55. The minimum absolute atomic E-state index is 0.0558. The lowest BCUT2D eigenvalue weighted by molar-refractivity contribution is 0.0858. The van der Waals surface area contributed by atoms with Crippen LogP contribution in [0.4, 0.5) is 5.00 Å². The second kappa shape index (κ2) is 8.99. The maximum Gasteiger partial charge on any atom is 0.274 e. The van der Waals surface area contributed by atoms with Crippen LogP contribution in [0, 0.1) is 6.92 Å². The number of thiophene rings is 1. The number of amides is 2. The third-order valence-electron chi connectivity index (χ3n) is 6.14. The first-order chi connectivity index (χ1) is 16.0. The molecule has 1 aliphatic heterocycles. The molecule has 2 amide bonds. The van der Waals surface area contributed by atoms with E-state index < -0.39 is 0 Å². The molecule has 172 valence electrons. The van der Waals surface area contributed by atoms with E-state index in [-0.39, 0.29) is 29.4 Å². The lowest BCUT2D eigenvalue weighted by Gasteiger charge is -2.12. The standard InChI is InChI=1S/C24H26N4O4S/c1-13-7-8-15(19(29)10-13)17-11-18(28-27-17)22(30)26-24-21(16-5-2-6-20(16)33-24)23(31)25-12-14-4-3-9-32-14/h7-8,10-11,14,29H,2-6,9,12H2,1H3,(H,25,31)(H,26,30)(H,27,28)/t14-/m0/s1. The fourth-order valence-corrected chi connectivity index (χ4v) is 5.72. The molecule has 4 N–H and O–H groups in total. The van der Waals surface area contributed by atoms with Gasteiger partial charge in [-0.1, -0.05) is 6.07 Å². The number of carbonyl (C=O) groups is 2. The topological polar surface area (TPSA) is 116 Å². The van der Waals surface area contributed by atoms with Gasteiger partial charge in [-0.25, -0.2) is 0 Å². The van der Waals surface area contributed by atoms with Crippen LogP contribution in [0.1, 0.15) is 56.1 Å². The number of hydrogen-bond acceptors (Lipinski definition) is 6. The van der Waals surface area contributed by atoms with Gasteiger partial charge >= 0.3 is 0 Å². The molecule has 9 heteroatoms. The van der Waals surface area contributed by atoms with Gasteiger partial charge in [0.15, 0.2) is 0 Å². The summed E-state index contributed by atoms with van der Waals surface area (Å²) < 4.78 is 5.61. The summed E-state index contributed by atoms with van der Waals surface area (Å²) in [7, 11) is 0. The fourth-order valence-electron chi connectivity index (χ4n) is 4.44. The van der Waals surface area contributed by atoms with Gasteiger partial charge < -0.3 is 20.5 Å². The van der Waals surface area contributed by atoms with Crippen molar-refractivity contribution in [2.24, 2.45) is 0 Å². The zero-order chi connectivity index (χ0) is 22.9. The number of aromatic amines is 1. The van der Waals surface area contributed by atoms with Crippen molar-refractivity contribution in [2.45, 2.75) is 45.1 Å². The number of carbonyl (C=O) groups excluding carboxylic acids is 2. The van der Waals surface area contributed by atoms with Gasteiger partial charge in [0, 0.05) is 23.6 Å². The predicted molar refractivity (Wildman–Crippen MR) is 126 cm³/mol. The van der Waals surface area contributed by atoms with Crippen LogP contribution in [0.3, 0.4) is 0 Å². The molecule has 3 heterocycles. The summed E-state index contributed by atoms with van der Waals surface area (Å²) in [6, 6.07) is 6.89. The van der Waals surface area contributed by atoms with Crippen molar-refractivity contribution in [3.8, 4) is 17.0 Å². The SMILES string of the molecule is Cc1ccc(-c2cc(C(=O)Nc3sc4c(c3C(=O)NC[C@@H]3CCCO3)CCC4)[nH]n2)c(O)c1. The number of nitrogens with zero attached hydrogens (tertiary/aromatic N) is 1. The summed E-state index contributed by atoms with van der Waals surface area (Å²) in [5, 5.41) is 23.6. The molecule has 2 aliphatic rings. The first-order valence-corrected chi connectivity index (χ1v) is 12.0. The van der Waals surface area contributed by atoms with Gasteiger partial charge in [-0.3, -0.25) is 14.7 Å². The van der Waals surface area contributed by atoms with Crippen molar-refractivity contribution in [1.82, 2.24) is 15.5 Å². The minimum Gasteiger partial charge on any atom is -0.507 e. The van der Waals surface area contributed by atoms with Crippen molar-refractivity contribution in [1.29, 1.82) is 0 Å². The minimum atomic E-state index is -0.381. The third-order valence-corrected chi connectivity index (χ3v) is 7.35. The van der Waals surface area contributed by atoms with Gasteiger partial charge in [-0.15, -0.1) is 11.3 Å². The highest BCUT2D eigenvalue weighted by Crippen LogP contribution is 2.39. The third kappa shape index (κ3) is 4.38. The number of H-pyrrole nitrogens is 1. The largest absolute Gasteiger partial charge is 0.507 e. The average Bonchev–Trinajstić information content (AvgIpc) is 3.56. The number of aromatic nitrogens is 2. The molecule has 0 spiro atoms. The molecule has 0 unspecified atom stereocenters. The normalized spacial score (nSPS) is 17.2. The van der Waals surface area contributed by atoms with E-state index in [0.29, 0.717) is 28.4 Å². The number of aromatic hydroxyl groups is 1. The van der Waals surface area contributed by atoms with Gasteiger partial charge in [-0.05, 0) is 68.4 Å². The molecule has 1 atom stereocenters. The summed E-state index contributed by atoms with van der Waals surface area (Å²) in [6.45, 7) is 3.10. The van der Waals surface area contributed by atoms with E-state index in [1.807, 2.05) is 13.0 Å². The molecule has 2 aromatic heterocycles. The van der Waals surface area contributed by atoms with E-state index in [4.69, 9.17) is 4.74 Å². The van der Waals surface area contributed by atoms with Crippen LogP contribution in [-0.2, 0) is 17.6 Å². The average molecular weight is 467 g/mol. The van der Waals surface area contributed by atoms with E-state index in [2.05, 4.69) is 20.8 Å². The van der Waals surface area contributed by atoms with Crippen LogP contribution in [0.25, 0.3) is 11.3 Å². The monoisotopic (exact) mass is 466 g/mol. The highest BCUT2D eigenvalue weighted by molar-refractivity contribution is 7.17. The molecular formula is C24H26N4O4S. The van der Waals surface area contributed by atoms with Gasteiger partial charge in [-0.2, -0.15) is 5.10 Å². The van der Waals surface area contributed by atoms with Gasteiger partial charge in [0.1, 0.15) is 16.4 Å². The van der Waals surface area contributed by atoms with Crippen LogP contribution in [0.2, 0.25) is 0 Å². The molecule has 5 rings (SSSR count). The predicted octanol–water partition coefficient (Wildman–Crippen LogP) is 3.80. The number of phenolic OH excluding ortho intramolecular Hbond substituents is 1. The summed E-state index contributed by atoms with van der Waals surface area (Å²) in [4.78, 5) is 27.2. The Morgan fingerprint density at radius 3 is 2.91 bits per heavy atom. The van der Waals surface area contributed by atoms with E-state index in [1.165, 1.54) is 11.3 Å². The highest BCUT2D eigenvalue weighted by atomic mass is 32.1. The summed E-state index contributed by atoms with van der Waals surface area (Å²) in [5.41, 5.74) is 3.80. The maximum absolute atomic E-state index is 13.1. The summed E-state index contributed by atoms with van der Waals surface area (Å²) in [5.74, 6) is -0.447. The number of phenols is 1. The molecule has 0 saturated carbocycles. The fraction of sp³-hybridized carbons (Fsp3) is 0.375. The molecule has 0 bridgehead atoms. The number of aryl methyl sites for hydroxylation is 2. The molecule has 1 fully saturated rings. The molecule has 1 saturated heterocycles. The summed E-state index contributed by atoms with van der Waals surface area (Å²) in [6.07, 6.45) is 4.80. The Balaban J connectivity index is 1.34. The van der Waals surface area contributed by atoms with Crippen LogP contribution in [-0.4, -0.2) is 46.4 Å². The highest BCUT2D eigenvalue weighted by Gasteiger charge is 2.28. The van der Waals surface area contributed by atoms with Crippen molar-refractivity contribution < 1.29 is 19.4 Å². The zero-order valence-electron chi connectivity index (χ0n) is 18.4. The van der Waals surface area contributed by atoms with E-state index >= 15 is 0 Å². The number of rotatable bonds is 6. The molecule has 1 aromatic carbocycles. The van der Waals surface area contributed by atoms with Crippen molar-refractivity contribution >= 4 is 28.2 Å². The number of ether oxygens (including phenoxy) is 1. The van der Waals surface area contributed by atoms with Crippen molar-refractivity contribution in [2.75, 3.05) is 18.5 Å². The van der Waals surface area contributed by atoms with Gasteiger partial charge in [0.05, 0.1) is 17.4 Å². The Hall–Kier alpha value is -3.17. The smallest absolute Gasteiger partial charge is 0.274 e. The number of fused-ring (bicyclic) bond motifs is 1. The Bertz CT molecular complexity index is 1210. The Morgan fingerprint density at radius 2 is 2.12 bits per heavy atom. The first-order valence-electron chi connectivity index (χ1n) is 11.2. The Kier molecular flexibility index (Phi) is 5.90. The number of nitrogens with one attached hydrogen (secondary N) is 3. The zero-order valence-corrected chi connectivity index (χ0v) is 19.2. The van der Waals surface area contributed by atoms with E-state index in [0.717, 1.165) is 54.7 Å².